The van der Waals surface area contributed by atoms with Crippen molar-refractivity contribution in [3.63, 3.8) is 0 Å². The molecular formula is C16H19NO3S. The topological polar surface area (TPSA) is 47.6 Å². The summed E-state index contributed by atoms with van der Waals surface area (Å²) < 4.78 is 10.6. The van der Waals surface area contributed by atoms with E-state index in [0.29, 0.717) is 0 Å². The molecule has 1 amide bonds. The number of thiophene rings is 1. The maximum Gasteiger partial charge on any atom is 0.227 e. The Hall–Kier alpha value is -2.01. The number of hydrogen-bond acceptors (Lipinski definition) is 4. The zero-order valence-electron chi connectivity index (χ0n) is 12.6. The molecule has 0 spiro atoms. The Balaban J connectivity index is 2.27. The molecule has 1 N–H and O–H groups in total. The van der Waals surface area contributed by atoms with Crippen LogP contribution in [0.4, 0.5) is 5.00 Å². The molecule has 2 aromatic rings. The lowest BCUT2D eigenvalue weighted by Crippen LogP contribution is -2.16. The molecule has 5 heteroatoms. The molecule has 1 aromatic heterocycles. The van der Waals surface area contributed by atoms with Crippen LogP contribution in [-0.4, -0.2) is 20.1 Å². The summed E-state index contributed by atoms with van der Waals surface area (Å²) in [6.07, 6.45) is 0. The standard InChI is InChI=1S/C16H19NO3S/c1-10(2)16(18)17-15-7-11(9-21-15)13-6-5-12(19-3)8-14(13)20-4/h5-10H,1-4H3,(H,17,18). The van der Waals surface area contributed by atoms with Gasteiger partial charge in [0.25, 0.3) is 0 Å². The van der Waals surface area contributed by atoms with E-state index in [2.05, 4.69) is 5.32 Å². The third kappa shape index (κ3) is 3.55. The first kappa shape index (κ1) is 15.4. The number of ether oxygens (including phenoxy) is 2. The number of amides is 1. The van der Waals surface area contributed by atoms with E-state index in [1.54, 1.807) is 14.2 Å². The smallest absolute Gasteiger partial charge is 0.227 e. The van der Waals surface area contributed by atoms with Crippen LogP contribution in [-0.2, 0) is 4.79 Å². The summed E-state index contributed by atoms with van der Waals surface area (Å²) in [5.41, 5.74) is 1.98. The van der Waals surface area contributed by atoms with Crippen LogP contribution >= 0.6 is 11.3 Å². The van der Waals surface area contributed by atoms with Crippen LogP contribution < -0.4 is 14.8 Å². The Morgan fingerprint density at radius 1 is 1.19 bits per heavy atom. The predicted molar refractivity (Wildman–Crippen MR) is 86.3 cm³/mol. The number of carbonyl (C=O) groups excluding carboxylic acids is 1. The molecule has 0 aliphatic carbocycles. The Kier molecular flexibility index (Phi) is 4.85. The summed E-state index contributed by atoms with van der Waals surface area (Å²) in [5.74, 6) is 1.48. The summed E-state index contributed by atoms with van der Waals surface area (Å²) in [5, 5.41) is 5.74. The second-order valence-corrected chi connectivity index (χ2v) is 5.82. The molecule has 0 saturated heterocycles. The fourth-order valence-electron chi connectivity index (χ4n) is 1.85. The van der Waals surface area contributed by atoms with Gasteiger partial charge in [0.05, 0.1) is 19.2 Å². The SMILES string of the molecule is COc1ccc(-c2csc(NC(=O)C(C)C)c2)c(OC)c1. The molecule has 112 valence electrons. The molecule has 0 fully saturated rings. The molecule has 0 saturated carbocycles. The summed E-state index contributed by atoms with van der Waals surface area (Å²) in [6, 6.07) is 7.64. The summed E-state index contributed by atoms with van der Waals surface area (Å²) in [7, 11) is 3.25. The van der Waals surface area contributed by atoms with Gasteiger partial charge in [-0.3, -0.25) is 4.79 Å². The minimum absolute atomic E-state index is 0.0186. The maximum absolute atomic E-state index is 11.7. The van der Waals surface area contributed by atoms with Crippen molar-refractivity contribution in [2.24, 2.45) is 5.92 Å². The van der Waals surface area contributed by atoms with Crippen molar-refractivity contribution in [2.45, 2.75) is 13.8 Å². The van der Waals surface area contributed by atoms with Crippen molar-refractivity contribution in [3.05, 3.63) is 29.6 Å². The lowest BCUT2D eigenvalue weighted by atomic mass is 10.1. The molecule has 0 unspecified atom stereocenters. The van der Waals surface area contributed by atoms with Gasteiger partial charge in [-0.05, 0) is 23.8 Å². The highest BCUT2D eigenvalue weighted by Crippen LogP contribution is 2.37. The number of rotatable bonds is 5. The van der Waals surface area contributed by atoms with Crippen molar-refractivity contribution in [1.82, 2.24) is 0 Å². The second kappa shape index (κ2) is 6.63. The summed E-state index contributed by atoms with van der Waals surface area (Å²) >= 11 is 1.50. The Morgan fingerprint density at radius 2 is 1.95 bits per heavy atom. The van der Waals surface area contributed by atoms with E-state index in [9.17, 15) is 4.79 Å². The van der Waals surface area contributed by atoms with Gasteiger partial charge in [0.2, 0.25) is 5.91 Å². The lowest BCUT2D eigenvalue weighted by Gasteiger charge is -2.09. The molecular weight excluding hydrogens is 286 g/mol. The van der Waals surface area contributed by atoms with Crippen LogP contribution in [0.2, 0.25) is 0 Å². The normalized spacial score (nSPS) is 10.5. The van der Waals surface area contributed by atoms with E-state index >= 15 is 0 Å². The minimum Gasteiger partial charge on any atom is -0.497 e. The predicted octanol–water partition coefficient (Wildman–Crippen LogP) is 4.03. The molecule has 0 aliphatic rings. The molecule has 0 aliphatic heterocycles. The third-order valence-electron chi connectivity index (χ3n) is 3.09. The third-order valence-corrected chi connectivity index (χ3v) is 3.94. The fraction of sp³-hybridized carbons (Fsp3) is 0.312. The number of hydrogen-bond donors (Lipinski definition) is 1. The zero-order chi connectivity index (χ0) is 15.4. The number of anilines is 1. The van der Waals surface area contributed by atoms with Crippen molar-refractivity contribution < 1.29 is 14.3 Å². The second-order valence-electron chi connectivity index (χ2n) is 4.91. The van der Waals surface area contributed by atoms with Gasteiger partial charge in [-0.15, -0.1) is 11.3 Å². The minimum atomic E-state index is -0.0360. The highest BCUT2D eigenvalue weighted by atomic mass is 32.1. The highest BCUT2D eigenvalue weighted by molar-refractivity contribution is 7.14. The number of methoxy groups -OCH3 is 2. The Morgan fingerprint density at radius 3 is 2.57 bits per heavy atom. The summed E-state index contributed by atoms with van der Waals surface area (Å²) in [4.78, 5) is 11.7. The Bertz CT molecular complexity index is 634. The molecule has 0 bridgehead atoms. The Labute approximate surface area is 128 Å². The molecule has 1 aromatic carbocycles. The van der Waals surface area contributed by atoms with Gasteiger partial charge in [0.15, 0.2) is 0 Å². The van der Waals surface area contributed by atoms with Gasteiger partial charge >= 0.3 is 0 Å². The molecule has 0 radical (unpaired) electrons. The quantitative estimate of drug-likeness (QED) is 0.907. The lowest BCUT2D eigenvalue weighted by molar-refractivity contribution is -0.118. The molecule has 1 heterocycles. The largest absolute Gasteiger partial charge is 0.497 e. The maximum atomic E-state index is 11.7. The van der Waals surface area contributed by atoms with Gasteiger partial charge in [0, 0.05) is 22.9 Å². The average molecular weight is 305 g/mol. The van der Waals surface area contributed by atoms with Crippen molar-refractivity contribution >= 4 is 22.2 Å². The fourth-order valence-corrected chi connectivity index (χ4v) is 2.65. The van der Waals surface area contributed by atoms with Crippen LogP contribution in [0.3, 0.4) is 0 Å². The molecule has 4 nitrogen and oxygen atoms in total. The van der Waals surface area contributed by atoms with Crippen molar-refractivity contribution in [2.75, 3.05) is 19.5 Å². The van der Waals surface area contributed by atoms with Crippen LogP contribution in [0.25, 0.3) is 11.1 Å². The molecule has 21 heavy (non-hydrogen) atoms. The first-order valence-electron chi connectivity index (χ1n) is 6.67. The van der Waals surface area contributed by atoms with Crippen molar-refractivity contribution in [3.8, 4) is 22.6 Å². The first-order valence-corrected chi connectivity index (χ1v) is 7.55. The van der Waals surface area contributed by atoms with E-state index in [1.807, 2.05) is 43.5 Å². The highest BCUT2D eigenvalue weighted by Gasteiger charge is 2.12. The van der Waals surface area contributed by atoms with Gasteiger partial charge < -0.3 is 14.8 Å². The van der Waals surface area contributed by atoms with Gasteiger partial charge in [-0.1, -0.05) is 13.8 Å². The van der Waals surface area contributed by atoms with Crippen molar-refractivity contribution in [1.29, 1.82) is 0 Å². The number of benzene rings is 1. The molecule has 0 atom stereocenters. The van der Waals surface area contributed by atoms with Gasteiger partial charge in [-0.25, -0.2) is 0 Å². The van der Waals surface area contributed by atoms with Gasteiger partial charge in [0.1, 0.15) is 11.5 Å². The first-order chi connectivity index (χ1) is 10.0. The van der Waals surface area contributed by atoms with Crippen LogP contribution in [0, 0.1) is 5.92 Å². The molecule has 2 rings (SSSR count). The van der Waals surface area contributed by atoms with Gasteiger partial charge in [-0.2, -0.15) is 0 Å². The number of carbonyl (C=O) groups is 1. The van der Waals surface area contributed by atoms with E-state index in [0.717, 1.165) is 27.6 Å². The van der Waals surface area contributed by atoms with E-state index in [-0.39, 0.29) is 11.8 Å². The van der Waals surface area contributed by atoms with Crippen LogP contribution in [0.15, 0.2) is 29.6 Å². The average Bonchev–Trinajstić information content (AvgIpc) is 2.94. The monoisotopic (exact) mass is 305 g/mol. The van der Waals surface area contributed by atoms with E-state index in [4.69, 9.17) is 9.47 Å². The van der Waals surface area contributed by atoms with Crippen LogP contribution in [0.1, 0.15) is 13.8 Å². The van der Waals surface area contributed by atoms with E-state index < -0.39 is 0 Å². The summed E-state index contributed by atoms with van der Waals surface area (Å²) in [6.45, 7) is 3.74. The zero-order valence-corrected chi connectivity index (χ0v) is 13.4. The number of nitrogens with one attached hydrogen (secondary N) is 1. The van der Waals surface area contributed by atoms with Crippen LogP contribution in [0.5, 0.6) is 11.5 Å². The van der Waals surface area contributed by atoms with E-state index in [1.165, 1.54) is 11.3 Å².